The summed E-state index contributed by atoms with van der Waals surface area (Å²) in [4.78, 5) is 25.5. The maximum absolute atomic E-state index is 12.3. The first-order valence-corrected chi connectivity index (χ1v) is 10.6. The van der Waals surface area contributed by atoms with E-state index >= 15 is 0 Å². The van der Waals surface area contributed by atoms with Crippen LogP contribution < -0.4 is 10.6 Å². The van der Waals surface area contributed by atoms with Crippen LogP contribution in [0.3, 0.4) is 0 Å². The van der Waals surface area contributed by atoms with Gasteiger partial charge in [0.2, 0.25) is 5.91 Å². The fourth-order valence-electron chi connectivity index (χ4n) is 4.18. The van der Waals surface area contributed by atoms with Crippen molar-refractivity contribution in [2.45, 2.75) is 44.7 Å². The second-order valence-corrected chi connectivity index (χ2v) is 8.03. The lowest BCUT2D eigenvalue weighted by molar-refractivity contribution is -0.139. The zero-order chi connectivity index (χ0) is 19.3. The summed E-state index contributed by atoms with van der Waals surface area (Å²) in [6, 6.07) is 0.321. The fraction of sp³-hybridized carbons (Fsp3) is 0.789. The van der Waals surface area contributed by atoms with Crippen molar-refractivity contribution in [3.8, 4) is 0 Å². The summed E-state index contributed by atoms with van der Waals surface area (Å²) in [6.07, 6.45) is 7.01. The largest absolute Gasteiger partial charge is 0.355 e. The van der Waals surface area contributed by atoms with Crippen molar-refractivity contribution in [1.82, 2.24) is 35.2 Å². The minimum Gasteiger partial charge on any atom is -0.355 e. The molecule has 1 saturated carbocycles. The Balaban J connectivity index is 1.14. The van der Waals surface area contributed by atoms with Crippen molar-refractivity contribution >= 4 is 11.9 Å². The van der Waals surface area contributed by atoms with Crippen LogP contribution in [-0.4, -0.2) is 88.8 Å². The quantitative estimate of drug-likeness (QED) is 0.532. The van der Waals surface area contributed by atoms with E-state index in [1.54, 1.807) is 6.33 Å². The zero-order valence-electron chi connectivity index (χ0n) is 16.8. The normalized spacial score (nSPS) is 23.8. The van der Waals surface area contributed by atoms with E-state index in [-0.39, 0.29) is 0 Å². The highest BCUT2D eigenvalue weighted by Gasteiger charge is 2.31. The van der Waals surface area contributed by atoms with E-state index in [1.807, 2.05) is 11.7 Å². The van der Waals surface area contributed by atoms with Crippen LogP contribution in [0.2, 0.25) is 0 Å². The summed E-state index contributed by atoms with van der Waals surface area (Å²) in [5.74, 6) is 2.61. The van der Waals surface area contributed by atoms with Crippen LogP contribution in [0.4, 0.5) is 0 Å². The van der Waals surface area contributed by atoms with Crippen LogP contribution in [0.15, 0.2) is 11.3 Å². The molecule has 4 rings (SSSR count). The van der Waals surface area contributed by atoms with Crippen LogP contribution in [-0.2, 0) is 17.8 Å². The molecule has 1 atom stereocenters. The smallest absolute Gasteiger partial charge is 0.225 e. The lowest BCUT2D eigenvalue weighted by atomic mass is 9.84. The van der Waals surface area contributed by atoms with Crippen LogP contribution in [0, 0.1) is 5.92 Å². The number of fused-ring (bicyclic) bond motifs is 1. The number of aryl methyl sites for hydroxylation is 1. The second kappa shape index (κ2) is 8.89. The topological polar surface area (TPSA) is 90.7 Å². The molecule has 1 unspecified atom stereocenters. The first kappa shape index (κ1) is 19.2. The summed E-state index contributed by atoms with van der Waals surface area (Å²) in [5.41, 5.74) is 0. The number of nitrogens with one attached hydrogen (secondary N) is 2. The molecule has 2 N–H and O–H groups in total. The van der Waals surface area contributed by atoms with E-state index in [2.05, 4.69) is 35.5 Å². The summed E-state index contributed by atoms with van der Waals surface area (Å²) in [5, 5.41) is 11.2. The fourth-order valence-corrected chi connectivity index (χ4v) is 4.18. The Morgan fingerprint density at radius 3 is 2.79 bits per heavy atom. The molecule has 154 valence electrons. The van der Waals surface area contributed by atoms with Crippen LogP contribution in [0.25, 0.3) is 0 Å². The summed E-state index contributed by atoms with van der Waals surface area (Å²) in [7, 11) is 1.81. The average Bonchev–Trinajstić information content (AvgIpc) is 3.14. The Kier molecular flexibility index (Phi) is 6.09. The van der Waals surface area contributed by atoms with E-state index in [0.717, 1.165) is 83.3 Å². The third-order valence-electron chi connectivity index (χ3n) is 6.23. The van der Waals surface area contributed by atoms with Gasteiger partial charge < -0.3 is 15.5 Å². The molecule has 1 aliphatic carbocycles. The lowest BCUT2D eigenvalue weighted by Crippen LogP contribution is -2.53. The van der Waals surface area contributed by atoms with Gasteiger partial charge in [-0.25, -0.2) is 9.67 Å². The van der Waals surface area contributed by atoms with Crippen LogP contribution >= 0.6 is 0 Å². The molecule has 0 spiro atoms. The molecule has 9 heteroatoms. The van der Waals surface area contributed by atoms with E-state index in [1.165, 1.54) is 6.42 Å². The molecule has 9 nitrogen and oxygen atoms in total. The van der Waals surface area contributed by atoms with Crippen molar-refractivity contribution in [2.24, 2.45) is 10.9 Å². The number of carbonyl (C=O) groups is 1. The summed E-state index contributed by atoms with van der Waals surface area (Å²) >= 11 is 0. The molecule has 3 heterocycles. The van der Waals surface area contributed by atoms with Gasteiger partial charge in [-0.3, -0.25) is 14.7 Å². The number of piperazine rings is 1. The average molecular weight is 389 g/mol. The molecule has 3 aliphatic rings. The lowest BCUT2D eigenvalue weighted by Gasteiger charge is -2.38. The highest BCUT2D eigenvalue weighted by molar-refractivity contribution is 5.80. The molecule has 0 aromatic carbocycles. The van der Waals surface area contributed by atoms with Gasteiger partial charge in [-0.05, 0) is 19.3 Å². The Hall–Kier alpha value is -2.16. The predicted molar refractivity (Wildman–Crippen MR) is 107 cm³/mol. The number of hydrogen-bond donors (Lipinski definition) is 2. The van der Waals surface area contributed by atoms with Gasteiger partial charge >= 0.3 is 0 Å². The van der Waals surface area contributed by atoms with Gasteiger partial charge in [0.05, 0.1) is 6.54 Å². The number of aromatic nitrogens is 3. The third-order valence-corrected chi connectivity index (χ3v) is 6.23. The van der Waals surface area contributed by atoms with Crippen molar-refractivity contribution in [3.05, 3.63) is 12.2 Å². The summed E-state index contributed by atoms with van der Waals surface area (Å²) < 4.78 is 1.97. The number of amides is 1. The van der Waals surface area contributed by atoms with Gasteiger partial charge in [-0.15, -0.1) is 0 Å². The predicted octanol–water partition coefficient (Wildman–Crippen LogP) is -0.298. The molecule has 0 bridgehead atoms. The number of rotatable bonds is 5. The number of nitrogens with zero attached hydrogens (tertiary/aromatic N) is 6. The maximum Gasteiger partial charge on any atom is 0.225 e. The summed E-state index contributed by atoms with van der Waals surface area (Å²) in [6.45, 7) is 6.29. The van der Waals surface area contributed by atoms with Gasteiger partial charge in [0, 0.05) is 64.7 Å². The molecule has 1 aromatic heterocycles. The van der Waals surface area contributed by atoms with Gasteiger partial charge in [0.15, 0.2) is 5.96 Å². The monoisotopic (exact) mass is 388 g/mol. The molecule has 1 saturated heterocycles. The molecule has 2 fully saturated rings. The van der Waals surface area contributed by atoms with Crippen molar-refractivity contribution in [1.29, 1.82) is 0 Å². The van der Waals surface area contributed by atoms with Crippen molar-refractivity contribution < 1.29 is 4.79 Å². The van der Waals surface area contributed by atoms with Crippen molar-refractivity contribution in [3.63, 3.8) is 0 Å². The first-order chi connectivity index (χ1) is 13.7. The van der Waals surface area contributed by atoms with E-state index in [0.29, 0.717) is 17.9 Å². The highest BCUT2D eigenvalue weighted by Crippen LogP contribution is 2.28. The molecule has 1 aromatic rings. The standard InChI is InChI=1S/C19H32N8O/c1-20-19(24-16-5-6-17-22-14-23-27(17)13-16)21-7-8-25-9-11-26(12-10-25)18(28)15-3-2-4-15/h14-16H,2-13H2,1H3,(H2,20,21,24). The molecule has 1 amide bonds. The van der Waals surface area contributed by atoms with Crippen LogP contribution in [0.5, 0.6) is 0 Å². The first-order valence-electron chi connectivity index (χ1n) is 10.6. The van der Waals surface area contributed by atoms with Gasteiger partial charge in [-0.1, -0.05) is 6.42 Å². The molecular formula is C19H32N8O. The number of carbonyl (C=O) groups excluding carboxylic acids is 1. The van der Waals surface area contributed by atoms with Crippen molar-refractivity contribution in [2.75, 3.05) is 46.3 Å². The van der Waals surface area contributed by atoms with E-state index < -0.39 is 0 Å². The number of guanidine groups is 1. The minimum absolute atomic E-state index is 0.316. The zero-order valence-corrected chi connectivity index (χ0v) is 16.8. The third kappa shape index (κ3) is 4.45. The van der Waals surface area contributed by atoms with Gasteiger partial charge in [-0.2, -0.15) is 5.10 Å². The Morgan fingerprint density at radius 2 is 2.07 bits per heavy atom. The van der Waals surface area contributed by atoms with Gasteiger partial charge in [0.1, 0.15) is 12.2 Å². The second-order valence-electron chi connectivity index (χ2n) is 8.03. The SMILES string of the molecule is CN=C(NCCN1CCN(C(=O)C2CCC2)CC1)NC1CCc2ncnn2C1. The van der Waals surface area contributed by atoms with E-state index in [4.69, 9.17) is 0 Å². The Morgan fingerprint density at radius 1 is 1.25 bits per heavy atom. The number of aliphatic imine (C=N–C) groups is 1. The molecule has 28 heavy (non-hydrogen) atoms. The van der Waals surface area contributed by atoms with E-state index in [9.17, 15) is 4.79 Å². The molecule has 0 radical (unpaired) electrons. The number of hydrogen-bond acceptors (Lipinski definition) is 5. The Labute approximate surface area is 166 Å². The molecule has 2 aliphatic heterocycles. The maximum atomic E-state index is 12.3. The highest BCUT2D eigenvalue weighted by atomic mass is 16.2. The van der Waals surface area contributed by atoms with Crippen LogP contribution in [0.1, 0.15) is 31.5 Å². The van der Waals surface area contributed by atoms with Gasteiger partial charge in [0.25, 0.3) is 0 Å². The minimum atomic E-state index is 0.316. The Bertz CT molecular complexity index is 690. The molecular weight excluding hydrogens is 356 g/mol.